The minimum Gasteiger partial charge on any atom is -0.357 e. The summed E-state index contributed by atoms with van der Waals surface area (Å²) in [5.74, 6) is 1.21. The number of benzene rings is 2. The van der Waals surface area contributed by atoms with Gasteiger partial charge in [-0.2, -0.15) is 0 Å². The molecular formula is C20H27IN4O. The number of guanidine groups is 1. The van der Waals surface area contributed by atoms with Crippen LogP contribution < -0.4 is 16.0 Å². The average Bonchev–Trinajstić information content (AvgIpc) is 3.48. The van der Waals surface area contributed by atoms with E-state index in [4.69, 9.17) is 0 Å². The van der Waals surface area contributed by atoms with Gasteiger partial charge in [-0.25, -0.2) is 4.99 Å². The van der Waals surface area contributed by atoms with Crippen LogP contribution in [0.3, 0.4) is 0 Å². The number of nitrogens with zero attached hydrogens (tertiary/aromatic N) is 1. The minimum atomic E-state index is 0. The Bertz CT molecular complexity index is 758. The van der Waals surface area contributed by atoms with Crippen molar-refractivity contribution in [2.24, 2.45) is 10.9 Å². The lowest BCUT2D eigenvalue weighted by atomic mass is 10.1. The summed E-state index contributed by atoms with van der Waals surface area (Å²) < 4.78 is 0. The van der Waals surface area contributed by atoms with Crippen molar-refractivity contribution in [2.75, 3.05) is 19.6 Å². The van der Waals surface area contributed by atoms with Gasteiger partial charge in [0.2, 0.25) is 5.91 Å². The van der Waals surface area contributed by atoms with Crippen molar-refractivity contribution in [2.45, 2.75) is 26.3 Å². The molecule has 1 saturated carbocycles. The van der Waals surface area contributed by atoms with Crippen LogP contribution in [-0.4, -0.2) is 31.5 Å². The van der Waals surface area contributed by atoms with Gasteiger partial charge in [0.1, 0.15) is 0 Å². The van der Waals surface area contributed by atoms with Gasteiger partial charge in [-0.3, -0.25) is 4.79 Å². The van der Waals surface area contributed by atoms with E-state index < -0.39 is 0 Å². The van der Waals surface area contributed by atoms with E-state index in [2.05, 4.69) is 63.4 Å². The largest absolute Gasteiger partial charge is 0.357 e. The topological polar surface area (TPSA) is 65.5 Å². The first kappa shape index (κ1) is 20.5. The molecule has 1 aliphatic rings. The highest BCUT2D eigenvalue weighted by Crippen LogP contribution is 2.28. The third-order valence-corrected chi connectivity index (χ3v) is 4.24. The standard InChI is InChI=1S/C20H26N4O.HI/c1-2-21-20(23-12-11-22-19(25)17-9-10-17)24-14-15-7-8-16-5-3-4-6-18(16)13-15;/h3-8,13,17H,2,9-12,14H2,1H3,(H,22,25)(H2,21,23,24);1H. The second-order valence-electron chi connectivity index (χ2n) is 6.37. The van der Waals surface area contributed by atoms with Gasteiger partial charge in [-0.15, -0.1) is 24.0 Å². The van der Waals surface area contributed by atoms with Crippen LogP contribution in [0.5, 0.6) is 0 Å². The van der Waals surface area contributed by atoms with E-state index in [0.29, 0.717) is 19.6 Å². The molecule has 3 rings (SSSR count). The molecule has 1 amide bonds. The zero-order valence-electron chi connectivity index (χ0n) is 15.1. The molecule has 2 aromatic carbocycles. The predicted molar refractivity (Wildman–Crippen MR) is 118 cm³/mol. The first-order valence-electron chi connectivity index (χ1n) is 9.04. The third kappa shape index (κ3) is 6.16. The Labute approximate surface area is 172 Å². The first-order valence-corrected chi connectivity index (χ1v) is 9.04. The van der Waals surface area contributed by atoms with Crippen molar-refractivity contribution in [3.63, 3.8) is 0 Å². The van der Waals surface area contributed by atoms with Gasteiger partial charge < -0.3 is 16.0 Å². The van der Waals surface area contributed by atoms with Crippen LogP contribution in [0.15, 0.2) is 47.5 Å². The Kier molecular flexibility index (Phi) is 8.15. The second-order valence-corrected chi connectivity index (χ2v) is 6.37. The van der Waals surface area contributed by atoms with E-state index in [-0.39, 0.29) is 35.8 Å². The molecule has 3 N–H and O–H groups in total. The van der Waals surface area contributed by atoms with E-state index in [1.807, 2.05) is 6.92 Å². The molecule has 0 aliphatic heterocycles. The number of hydrogen-bond donors (Lipinski definition) is 3. The monoisotopic (exact) mass is 466 g/mol. The Hall–Kier alpha value is -1.83. The Morgan fingerprint density at radius 1 is 1.04 bits per heavy atom. The molecule has 26 heavy (non-hydrogen) atoms. The van der Waals surface area contributed by atoms with Crippen molar-refractivity contribution in [1.29, 1.82) is 0 Å². The van der Waals surface area contributed by atoms with E-state index in [0.717, 1.165) is 25.3 Å². The molecule has 0 unspecified atom stereocenters. The molecule has 140 valence electrons. The predicted octanol–water partition coefficient (Wildman–Crippen LogP) is 3.04. The summed E-state index contributed by atoms with van der Waals surface area (Å²) in [6.45, 7) is 4.76. The highest BCUT2D eigenvalue weighted by atomic mass is 127. The van der Waals surface area contributed by atoms with Gasteiger partial charge in [0, 0.05) is 25.6 Å². The fraction of sp³-hybridized carbons (Fsp3) is 0.400. The highest BCUT2D eigenvalue weighted by molar-refractivity contribution is 14.0. The second kappa shape index (κ2) is 10.4. The molecule has 0 saturated heterocycles. The first-order chi connectivity index (χ1) is 12.3. The Morgan fingerprint density at radius 3 is 2.50 bits per heavy atom. The maximum Gasteiger partial charge on any atom is 0.223 e. The van der Waals surface area contributed by atoms with Crippen LogP contribution in [0.1, 0.15) is 25.3 Å². The number of nitrogens with one attached hydrogen (secondary N) is 3. The molecule has 0 bridgehead atoms. The number of amides is 1. The number of rotatable bonds is 7. The fourth-order valence-electron chi connectivity index (χ4n) is 2.71. The third-order valence-electron chi connectivity index (χ3n) is 4.24. The smallest absolute Gasteiger partial charge is 0.223 e. The lowest BCUT2D eigenvalue weighted by Crippen LogP contribution is -2.41. The maximum atomic E-state index is 11.6. The van der Waals surface area contributed by atoms with E-state index in [1.165, 1.54) is 16.3 Å². The summed E-state index contributed by atoms with van der Waals surface area (Å²) in [6.07, 6.45) is 2.07. The van der Waals surface area contributed by atoms with Gasteiger partial charge in [0.05, 0.1) is 6.54 Å². The quantitative estimate of drug-likeness (QED) is 0.255. The molecule has 0 spiro atoms. The lowest BCUT2D eigenvalue weighted by Gasteiger charge is -2.12. The zero-order valence-corrected chi connectivity index (χ0v) is 17.5. The van der Waals surface area contributed by atoms with Crippen LogP contribution >= 0.6 is 24.0 Å². The summed E-state index contributed by atoms with van der Waals surface area (Å²) in [6, 6.07) is 14.8. The summed E-state index contributed by atoms with van der Waals surface area (Å²) >= 11 is 0. The normalized spacial score (nSPS) is 13.8. The number of fused-ring (bicyclic) bond motifs is 1. The van der Waals surface area contributed by atoms with Crippen LogP contribution in [0.2, 0.25) is 0 Å². The van der Waals surface area contributed by atoms with E-state index >= 15 is 0 Å². The molecular weight excluding hydrogens is 439 g/mol. The molecule has 2 aromatic rings. The molecule has 0 radical (unpaired) electrons. The fourth-order valence-corrected chi connectivity index (χ4v) is 2.71. The van der Waals surface area contributed by atoms with Crippen molar-refractivity contribution in [1.82, 2.24) is 16.0 Å². The number of aliphatic imine (C=N–C) groups is 1. The minimum absolute atomic E-state index is 0. The van der Waals surface area contributed by atoms with Crippen molar-refractivity contribution < 1.29 is 4.79 Å². The van der Waals surface area contributed by atoms with Crippen LogP contribution in [0.4, 0.5) is 0 Å². The summed E-state index contributed by atoms with van der Waals surface area (Å²) in [7, 11) is 0. The van der Waals surface area contributed by atoms with Crippen LogP contribution in [-0.2, 0) is 11.3 Å². The van der Waals surface area contributed by atoms with Gasteiger partial charge in [0.25, 0.3) is 0 Å². The SMILES string of the molecule is CCNC(=NCc1ccc2ccccc2c1)NCCNC(=O)C1CC1.I. The van der Waals surface area contributed by atoms with Gasteiger partial charge in [-0.1, -0.05) is 36.4 Å². The maximum absolute atomic E-state index is 11.6. The number of carbonyl (C=O) groups excluding carboxylic acids is 1. The van der Waals surface area contributed by atoms with Gasteiger partial charge >= 0.3 is 0 Å². The van der Waals surface area contributed by atoms with E-state index in [9.17, 15) is 4.79 Å². The average molecular weight is 466 g/mol. The molecule has 5 nitrogen and oxygen atoms in total. The molecule has 0 heterocycles. The molecule has 1 fully saturated rings. The van der Waals surface area contributed by atoms with Crippen LogP contribution in [0.25, 0.3) is 10.8 Å². The number of carbonyl (C=O) groups is 1. The van der Waals surface area contributed by atoms with Crippen LogP contribution in [0, 0.1) is 5.92 Å². The number of hydrogen-bond acceptors (Lipinski definition) is 2. The molecule has 0 aromatic heterocycles. The van der Waals surface area contributed by atoms with Crippen molar-refractivity contribution in [3.8, 4) is 0 Å². The van der Waals surface area contributed by atoms with Gasteiger partial charge in [-0.05, 0) is 42.2 Å². The number of halogens is 1. The molecule has 1 aliphatic carbocycles. The summed E-state index contributed by atoms with van der Waals surface area (Å²) in [4.78, 5) is 16.2. The Balaban J connectivity index is 0.00000243. The lowest BCUT2D eigenvalue weighted by molar-refractivity contribution is -0.122. The van der Waals surface area contributed by atoms with E-state index in [1.54, 1.807) is 0 Å². The summed E-state index contributed by atoms with van der Waals surface area (Å²) in [5.41, 5.74) is 1.18. The Morgan fingerprint density at radius 2 is 1.77 bits per heavy atom. The van der Waals surface area contributed by atoms with Crippen molar-refractivity contribution >= 4 is 46.6 Å². The van der Waals surface area contributed by atoms with Crippen molar-refractivity contribution in [3.05, 3.63) is 48.0 Å². The molecule has 0 atom stereocenters. The van der Waals surface area contributed by atoms with Gasteiger partial charge in [0.15, 0.2) is 5.96 Å². The molecule has 6 heteroatoms. The highest BCUT2D eigenvalue weighted by Gasteiger charge is 2.28. The summed E-state index contributed by atoms with van der Waals surface area (Å²) in [5, 5.41) is 11.9. The zero-order chi connectivity index (χ0) is 17.5.